The molecule has 0 saturated carbocycles. The Bertz CT molecular complexity index is 1260. The number of thiazole rings is 1. The summed E-state index contributed by atoms with van der Waals surface area (Å²) in [6.07, 6.45) is 0. The molecule has 4 rings (SSSR count). The van der Waals surface area contributed by atoms with E-state index in [-0.39, 0.29) is 11.8 Å². The molecule has 3 heterocycles. The van der Waals surface area contributed by atoms with E-state index in [4.69, 9.17) is 4.74 Å². The second-order valence-corrected chi connectivity index (χ2v) is 9.55. The van der Waals surface area contributed by atoms with Gasteiger partial charge in [0.1, 0.15) is 22.1 Å². The van der Waals surface area contributed by atoms with Crippen LogP contribution in [0.2, 0.25) is 0 Å². The number of aromatic nitrogens is 3. The Labute approximate surface area is 188 Å². The molecule has 4 aromatic rings. The van der Waals surface area contributed by atoms with E-state index in [1.807, 2.05) is 26.1 Å². The molecule has 1 aromatic carbocycles. The number of amides is 2. The number of nitrogens with one attached hydrogen (secondary N) is 2. The molecule has 0 aliphatic carbocycles. The van der Waals surface area contributed by atoms with Crippen LogP contribution in [0.3, 0.4) is 0 Å². The maximum atomic E-state index is 12.6. The van der Waals surface area contributed by atoms with Gasteiger partial charge in [-0.05, 0) is 48.0 Å². The molecule has 0 radical (unpaired) electrons. The number of thiophene rings is 1. The largest absolute Gasteiger partial charge is 0.494 e. The zero-order valence-corrected chi connectivity index (χ0v) is 19.8. The molecule has 1 atom stereocenters. The highest BCUT2D eigenvalue weighted by Gasteiger charge is 2.21. The van der Waals surface area contributed by atoms with Gasteiger partial charge in [-0.2, -0.15) is 5.10 Å². The molecule has 8 nitrogen and oxygen atoms in total. The number of ether oxygens (including phenoxy) is 1. The zero-order chi connectivity index (χ0) is 21.6. The van der Waals surface area contributed by atoms with Crippen LogP contribution < -0.4 is 15.4 Å². The van der Waals surface area contributed by atoms with Crippen molar-refractivity contribution in [3.8, 4) is 5.75 Å². The van der Waals surface area contributed by atoms with Gasteiger partial charge in [0.25, 0.3) is 5.91 Å². The topological polar surface area (TPSA) is 98.1 Å². The number of halogens is 1. The average molecular weight is 508 g/mol. The fourth-order valence-corrected chi connectivity index (χ4v) is 5.51. The van der Waals surface area contributed by atoms with E-state index in [2.05, 4.69) is 36.6 Å². The van der Waals surface area contributed by atoms with Crippen LogP contribution in [0.15, 0.2) is 22.7 Å². The van der Waals surface area contributed by atoms with Crippen LogP contribution in [0.4, 0.5) is 5.13 Å². The first kappa shape index (κ1) is 20.8. The average Bonchev–Trinajstić information content (AvgIpc) is 3.38. The Morgan fingerprint density at radius 2 is 2.07 bits per heavy atom. The summed E-state index contributed by atoms with van der Waals surface area (Å²) < 4.78 is 8.82. The number of hydrogen-bond acceptors (Lipinski definition) is 7. The molecule has 3 aromatic heterocycles. The maximum absolute atomic E-state index is 12.6. The van der Waals surface area contributed by atoms with E-state index in [9.17, 15) is 9.59 Å². The molecular formula is C19H18BrN5O3S2. The number of hydrogen-bond donors (Lipinski definition) is 2. The van der Waals surface area contributed by atoms with Crippen LogP contribution in [0.25, 0.3) is 20.4 Å². The van der Waals surface area contributed by atoms with Crippen molar-refractivity contribution in [1.29, 1.82) is 0 Å². The van der Waals surface area contributed by atoms with Gasteiger partial charge in [-0.15, -0.1) is 11.3 Å². The van der Waals surface area contributed by atoms with E-state index in [1.165, 1.54) is 22.7 Å². The lowest BCUT2D eigenvalue weighted by atomic mass is 10.2. The smallest absolute Gasteiger partial charge is 0.262 e. The molecule has 0 aliphatic rings. The second kappa shape index (κ2) is 7.97. The first-order valence-corrected chi connectivity index (χ1v) is 11.4. The number of rotatable bonds is 5. The maximum Gasteiger partial charge on any atom is 0.262 e. The van der Waals surface area contributed by atoms with E-state index in [0.717, 1.165) is 25.1 Å². The highest BCUT2D eigenvalue weighted by molar-refractivity contribution is 9.10. The summed E-state index contributed by atoms with van der Waals surface area (Å²) in [5, 5.41) is 11.2. The van der Waals surface area contributed by atoms with Crippen molar-refractivity contribution in [2.24, 2.45) is 7.05 Å². The Hall–Kier alpha value is -2.50. The highest BCUT2D eigenvalue weighted by atomic mass is 79.9. The first-order valence-electron chi connectivity index (χ1n) is 8.96. The Kier molecular flexibility index (Phi) is 5.51. The molecule has 156 valence electrons. The van der Waals surface area contributed by atoms with Crippen LogP contribution in [-0.2, 0) is 11.8 Å². The molecule has 1 unspecified atom stereocenters. The first-order chi connectivity index (χ1) is 14.3. The number of carbonyl (C=O) groups excluding carboxylic acids is 2. The molecule has 0 fully saturated rings. The second-order valence-electron chi connectivity index (χ2n) is 6.67. The predicted molar refractivity (Wildman–Crippen MR) is 123 cm³/mol. The van der Waals surface area contributed by atoms with Crippen LogP contribution in [0.1, 0.15) is 22.3 Å². The van der Waals surface area contributed by atoms with Crippen LogP contribution in [-0.4, -0.2) is 39.7 Å². The van der Waals surface area contributed by atoms with Gasteiger partial charge in [0.05, 0.1) is 22.4 Å². The third-order valence-electron chi connectivity index (χ3n) is 4.57. The van der Waals surface area contributed by atoms with Gasteiger partial charge >= 0.3 is 0 Å². The van der Waals surface area contributed by atoms with Gasteiger partial charge in [0.15, 0.2) is 5.13 Å². The summed E-state index contributed by atoms with van der Waals surface area (Å²) in [4.78, 5) is 31.2. The monoisotopic (exact) mass is 507 g/mol. The Balaban J connectivity index is 1.48. The summed E-state index contributed by atoms with van der Waals surface area (Å²) in [7, 11) is 3.42. The number of benzene rings is 1. The molecule has 0 saturated heterocycles. The van der Waals surface area contributed by atoms with Crippen molar-refractivity contribution >= 4 is 76.0 Å². The van der Waals surface area contributed by atoms with Gasteiger partial charge in [0.2, 0.25) is 5.91 Å². The fraction of sp³-hybridized carbons (Fsp3) is 0.263. The SMILES string of the molecule is COc1ccc(Br)c2sc(NC(=O)C(C)NC(=O)c3cc4c(C)nn(C)c4s3)nc12. The van der Waals surface area contributed by atoms with E-state index in [0.29, 0.717) is 21.3 Å². The number of anilines is 1. The summed E-state index contributed by atoms with van der Waals surface area (Å²) in [6.45, 7) is 3.54. The molecule has 0 spiro atoms. The Morgan fingerprint density at radius 1 is 1.30 bits per heavy atom. The van der Waals surface area contributed by atoms with Gasteiger partial charge < -0.3 is 15.4 Å². The fourth-order valence-electron chi connectivity index (χ4n) is 3.03. The summed E-state index contributed by atoms with van der Waals surface area (Å²) in [5.41, 5.74) is 1.53. The number of fused-ring (bicyclic) bond motifs is 2. The lowest BCUT2D eigenvalue weighted by Crippen LogP contribution is -2.41. The van der Waals surface area contributed by atoms with Gasteiger partial charge in [-0.1, -0.05) is 11.3 Å². The number of nitrogens with zero attached hydrogens (tertiary/aromatic N) is 3. The van der Waals surface area contributed by atoms with Gasteiger partial charge in [-0.3, -0.25) is 14.3 Å². The van der Waals surface area contributed by atoms with E-state index < -0.39 is 6.04 Å². The standard InChI is InChI=1S/C19H18BrN5O3S2/c1-8-10-7-13(29-18(10)25(3)24-8)17(27)21-9(2)16(26)23-19-22-14-12(28-4)6-5-11(20)15(14)30-19/h5-7,9H,1-4H3,(H,21,27)(H,22,23,26). The van der Waals surface area contributed by atoms with Crippen molar-refractivity contribution in [2.75, 3.05) is 12.4 Å². The number of methoxy groups -OCH3 is 1. The minimum atomic E-state index is -0.737. The van der Waals surface area contributed by atoms with Gasteiger partial charge in [-0.25, -0.2) is 4.98 Å². The molecule has 2 amide bonds. The third-order valence-corrected chi connectivity index (χ3v) is 7.70. The minimum Gasteiger partial charge on any atom is -0.494 e. The van der Waals surface area contributed by atoms with Crippen LogP contribution >= 0.6 is 38.6 Å². The van der Waals surface area contributed by atoms with Crippen molar-refractivity contribution in [3.63, 3.8) is 0 Å². The minimum absolute atomic E-state index is 0.299. The quantitative estimate of drug-likeness (QED) is 0.424. The van der Waals surface area contributed by atoms with Crippen molar-refractivity contribution in [1.82, 2.24) is 20.1 Å². The lowest BCUT2D eigenvalue weighted by Gasteiger charge is -2.12. The molecular weight excluding hydrogens is 490 g/mol. The third kappa shape index (κ3) is 3.68. The number of aryl methyl sites for hydroxylation is 2. The van der Waals surface area contributed by atoms with Crippen molar-refractivity contribution in [2.45, 2.75) is 19.9 Å². The summed E-state index contributed by atoms with van der Waals surface area (Å²) in [6, 6.07) is 4.75. The zero-order valence-electron chi connectivity index (χ0n) is 16.6. The lowest BCUT2D eigenvalue weighted by molar-refractivity contribution is -0.117. The molecule has 2 N–H and O–H groups in total. The molecule has 0 bridgehead atoms. The van der Waals surface area contributed by atoms with E-state index >= 15 is 0 Å². The molecule has 11 heteroatoms. The van der Waals surface area contributed by atoms with Crippen molar-refractivity contribution < 1.29 is 14.3 Å². The van der Waals surface area contributed by atoms with Crippen molar-refractivity contribution in [3.05, 3.63) is 33.2 Å². The predicted octanol–water partition coefficient (Wildman–Crippen LogP) is 4.08. The Morgan fingerprint density at radius 3 is 2.77 bits per heavy atom. The number of carbonyl (C=O) groups is 2. The van der Waals surface area contributed by atoms with Crippen LogP contribution in [0.5, 0.6) is 5.75 Å². The van der Waals surface area contributed by atoms with Gasteiger partial charge in [0, 0.05) is 16.9 Å². The normalized spacial score (nSPS) is 12.3. The molecule has 30 heavy (non-hydrogen) atoms. The van der Waals surface area contributed by atoms with E-state index in [1.54, 1.807) is 24.8 Å². The highest BCUT2D eigenvalue weighted by Crippen LogP contribution is 2.37. The summed E-state index contributed by atoms with van der Waals surface area (Å²) in [5.74, 6) is -0.0238. The van der Waals surface area contributed by atoms with Crippen LogP contribution in [0, 0.1) is 6.92 Å². The molecule has 0 aliphatic heterocycles. The summed E-state index contributed by atoms with van der Waals surface area (Å²) >= 11 is 6.17.